The number of hydrogen-bond donors (Lipinski definition) is 0. The summed E-state index contributed by atoms with van der Waals surface area (Å²) in [6.45, 7) is 0. The van der Waals surface area contributed by atoms with Crippen LogP contribution in [0.3, 0.4) is 0 Å². The first-order chi connectivity index (χ1) is 20.8. The summed E-state index contributed by atoms with van der Waals surface area (Å²) in [6, 6.07) is 55.7. The van der Waals surface area contributed by atoms with Crippen molar-refractivity contribution in [2.45, 2.75) is 6.42 Å². The van der Waals surface area contributed by atoms with Crippen molar-refractivity contribution in [1.29, 1.82) is 0 Å². The van der Waals surface area contributed by atoms with E-state index in [1.807, 2.05) is 0 Å². The molecule has 8 aromatic rings. The molecule has 1 nitrogen and oxygen atoms in total. The van der Waals surface area contributed by atoms with Gasteiger partial charge in [-0.1, -0.05) is 115 Å². The lowest BCUT2D eigenvalue weighted by Gasteiger charge is -2.11. The molecule has 1 heterocycles. The highest BCUT2D eigenvalue weighted by molar-refractivity contribution is 6.10. The van der Waals surface area contributed by atoms with Gasteiger partial charge < -0.3 is 4.57 Å². The Labute approximate surface area is 244 Å². The number of hydrogen-bond acceptors (Lipinski definition) is 0. The molecule has 0 bridgehead atoms. The standard InChI is InChI=1S/C41H27N/c1-3-11-34-27(8-1)10-7-14-35(34)28-18-21-33(22-19-28)42-40-15-6-5-13-37(40)39-26-30(20-23-41(39)42)29-16-17-32-24-31-9-2-4-12-36(31)38(32)25-29/h1-23,25-26H,24H2. The smallest absolute Gasteiger partial charge is 0.0541 e. The third kappa shape index (κ3) is 3.50. The van der Waals surface area contributed by atoms with Crippen molar-refractivity contribution in [2.75, 3.05) is 0 Å². The second-order valence-electron chi connectivity index (χ2n) is 11.4. The van der Waals surface area contributed by atoms with Crippen molar-refractivity contribution in [3.63, 3.8) is 0 Å². The minimum Gasteiger partial charge on any atom is -0.309 e. The Morgan fingerprint density at radius 1 is 0.381 bits per heavy atom. The zero-order valence-electron chi connectivity index (χ0n) is 23.1. The van der Waals surface area contributed by atoms with Crippen molar-refractivity contribution >= 4 is 32.6 Å². The highest BCUT2D eigenvalue weighted by Crippen LogP contribution is 2.40. The normalized spacial score (nSPS) is 12.2. The largest absolute Gasteiger partial charge is 0.309 e. The molecule has 0 saturated carbocycles. The number of benzene rings is 7. The molecule has 1 aliphatic carbocycles. The molecule has 196 valence electrons. The summed E-state index contributed by atoms with van der Waals surface area (Å²) in [7, 11) is 0. The summed E-state index contributed by atoms with van der Waals surface area (Å²) in [5.41, 5.74) is 14.2. The first-order valence-electron chi connectivity index (χ1n) is 14.7. The maximum absolute atomic E-state index is 2.40. The van der Waals surface area contributed by atoms with Gasteiger partial charge in [-0.3, -0.25) is 0 Å². The van der Waals surface area contributed by atoms with Gasteiger partial charge in [0.1, 0.15) is 0 Å². The molecule has 1 heteroatoms. The van der Waals surface area contributed by atoms with E-state index in [-0.39, 0.29) is 0 Å². The van der Waals surface area contributed by atoms with E-state index in [2.05, 4.69) is 156 Å². The molecule has 1 aromatic heterocycles. The summed E-state index contributed by atoms with van der Waals surface area (Å²) < 4.78 is 2.40. The minimum absolute atomic E-state index is 1.03. The van der Waals surface area contributed by atoms with E-state index in [1.54, 1.807) is 0 Å². The first kappa shape index (κ1) is 23.3. The van der Waals surface area contributed by atoms with Gasteiger partial charge in [0.15, 0.2) is 0 Å². The molecule has 7 aromatic carbocycles. The van der Waals surface area contributed by atoms with E-state index in [9.17, 15) is 0 Å². The summed E-state index contributed by atoms with van der Waals surface area (Å²) in [4.78, 5) is 0. The lowest BCUT2D eigenvalue weighted by molar-refractivity contribution is 1.18. The van der Waals surface area contributed by atoms with E-state index in [1.165, 1.54) is 82.8 Å². The summed E-state index contributed by atoms with van der Waals surface area (Å²) in [5.74, 6) is 0. The molecule has 0 atom stereocenters. The van der Waals surface area contributed by atoms with Crippen LogP contribution in [0.4, 0.5) is 0 Å². The Balaban J connectivity index is 1.17. The minimum atomic E-state index is 1.03. The molecule has 0 unspecified atom stereocenters. The highest BCUT2D eigenvalue weighted by Gasteiger charge is 2.19. The Morgan fingerprint density at radius 3 is 1.95 bits per heavy atom. The molecular formula is C41H27N. The van der Waals surface area contributed by atoms with E-state index >= 15 is 0 Å². The predicted molar refractivity (Wildman–Crippen MR) is 177 cm³/mol. The summed E-state index contributed by atoms with van der Waals surface area (Å²) >= 11 is 0. The van der Waals surface area contributed by atoms with Crippen molar-refractivity contribution < 1.29 is 0 Å². The monoisotopic (exact) mass is 533 g/mol. The Hall–Kier alpha value is -5.40. The van der Waals surface area contributed by atoms with Crippen LogP contribution >= 0.6 is 0 Å². The quantitative estimate of drug-likeness (QED) is 0.213. The van der Waals surface area contributed by atoms with Crippen LogP contribution in [0.2, 0.25) is 0 Å². The fourth-order valence-corrected chi connectivity index (χ4v) is 7.00. The molecule has 9 rings (SSSR count). The molecular weight excluding hydrogens is 506 g/mol. The first-order valence-corrected chi connectivity index (χ1v) is 14.7. The van der Waals surface area contributed by atoms with Gasteiger partial charge in [0.2, 0.25) is 0 Å². The maximum Gasteiger partial charge on any atom is 0.0541 e. The zero-order valence-corrected chi connectivity index (χ0v) is 23.1. The lowest BCUT2D eigenvalue weighted by Crippen LogP contribution is -1.94. The van der Waals surface area contributed by atoms with Crippen LogP contribution < -0.4 is 0 Å². The molecule has 0 spiro atoms. The fraction of sp³-hybridized carbons (Fsp3) is 0.0244. The van der Waals surface area contributed by atoms with Crippen molar-refractivity contribution in [1.82, 2.24) is 4.57 Å². The topological polar surface area (TPSA) is 4.93 Å². The van der Waals surface area contributed by atoms with Crippen molar-refractivity contribution in [2.24, 2.45) is 0 Å². The number of rotatable bonds is 3. The number of para-hydroxylation sites is 1. The van der Waals surface area contributed by atoms with Crippen LogP contribution in [0.25, 0.3) is 71.6 Å². The van der Waals surface area contributed by atoms with Gasteiger partial charge in [0.25, 0.3) is 0 Å². The van der Waals surface area contributed by atoms with Gasteiger partial charge in [-0.05, 0) is 98.1 Å². The van der Waals surface area contributed by atoms with E-state index in [4.69, 9.17) is 0 Å². The Kier molecular flexibility index (Phi) is 5.03. The molecule has 0 amide bonds. The second kappa shape index (κ2) is 9.06. The molecule has 0 radical (unpaired) electrons. The maximum atomic E-state index is 2.40. The average molecular weight is 534 g/mol. The highest BCUT2D eigenvalue weighted by atomic mass is 15.0. The van der Waals surface area contributed by atoms with Gasteiger partial charge in [0.05, 0.1) is 11.0 Å². The van der Waals surface area contributed by atoms with E-state index in [0.29, 0.717) is 0 Å². The van der Waals surface area contributed by atoms with Gasteiger partial charge in [0, 0.05) is 16.5 Å². The molecule has 0 aliphatic heterocycles. The number of aromatic nitrogens is 1. The van der Waals surface area contributed by atoms with Crippen LogP contribution in [-0.4, -0.2) is 4.57 Å². The summed E-state index contributed by atoms with van der Waals surface area (Å²) in [5, 5.41) is 5.11. The van der Waals surface area contributed by atoms with E-state index < -0.39 is 0 Å². The molecule has 42 heavy (non-hydrogen) atoms. The number of nitrogens with zero attached hydrogens (tertiary/aromatic N) is 1. The van der Waals surface area contributed by atoms with Crippen molar-refractivity contribution in [3.05, 3.63) is 163 Å². The van der Waals surface area contributed by atoms with Gasteiger partial charge in [-0.2, -0.15) is 0 Å². The van der Waals surface area contributed by atoms with Gasteiger partial charge >= 0.3 is 0 Å². The average Bonchev–Trinajstić information content (AvgIpc) is 3.59. The fourth-order valence-electron chi connectivity index (χ4n) is 7.00. The molecule has 0 fully saturated rings. The van der Waals surface area contributed by atoms with Crippen LogP contribution in [0.1, 0.15) is 11.1 Å². The Morgan fingerprint density at radius 2 is 1.02 bits per heavy atom. The summed E-state index contributed by atoms with van der Waals surface area (Å²) in [6.07, 6.45) is 1.03. The van der Waals surface area contributed by atoms with Crippen molar-refractivity contribution in [3.8, 4) is 39.1 Å². The third-order valence-corrected chi connectivity index (χ3v) is 9.03. The second-order valence-corrected chi connectivity index (χ2v) is 11.4. The predicted octanol–water partition coefficient (Wildman–Crippen LogP) is 10.8. The number of fused-ring (bicyclic) bond motifs is 7. The van der Waals surface area contributed by atoms with E-state index in [0.717, 1.165) is 6.42 Å². The van der Waals surface area contributed by atoms with Crippen LogP contribution in [0.15, 0.2) is 152 Å². The SMILES string of the molecule is c1ccc2c(c1)Cc1ccc(-c3ccc4c(c3)c3ccccc3n4-c3ccc(-c4cccc5ccccc45)cc3)cc1-2. The zero-order chi connectivity index (χ0) is 27.6. The molecule has 1 aliphatic rings. The Bertz CT molecular complexity index is 2310. The van der Waals surface area contributed by atoms with Gasteiger partial charge in [-0.25, -0.2) is 0 Å². The van der Waals surface area contributed by atoms with Crippen LogP contribution in [0.5, 0.6) is 0 Å². The molecule has 0 N–H and O–H groups in total. The van der Waals surface area contributed by atoms with Crippen LogP contribution in [0, 0.1) is 0 Å². The lowest BCUT2D eigenvalue weighted by atomic mass is 9.97. The molecule has 0 saturated heterocycles. The van der Waals surface area contributed by atoms with Gasteiger partial charge in [-0.15, -0.1) is 0 Å². The third-order valence-electron chi connectivity index (χ3n) is 9.03. The van der Waals surface area contributed by atoms with Crippen LogP contribution in [-0.2, 0) is 6.42 Å².